The van der Waals surface area contributed by atoms with Crippen LogP contribution in [0.4, 0.5) is 11.5 Å². The second-order valence-electron chi connectivity index (χ2n) is 4.74. The molecule has 2 N–H and O–H groups in total. The molecule has 1 aromatic heterocycles. The van der Waals surface area contributed by atoms with E-state index in [2.05, 4.69) is 34.3 Å². The predicted molar refractivity (Wildman–Crippen MR) is 61.3 cm³/mol. The molecule has 4 nitrogen and oxygen atoms in total. The molecule has 0 aromatic carbocycles. The highest BCUT2D eigenvalue weighted by Gasteiger charge is 2.41. The summed E-state index contributed by atoms with van der Waals surface area (Å²) in [5.41, 5.74) is 2.63. The van der Waals surface area contributed by atoms with Gasteiger partial charge in [-0.25, -0.2) is 4.68 Å². The molecular weight excluding hydrogens is 188 g/mol. The van der Waals surface area contributed by atoms with Crippen molar-refractivity contribution >= 4 is 11.5 Å². The lowest BCUT2D eigenvalue weighted by Crippen LogP contribution is -2.53. The average Bonchev–Trinajstić information content (AvgIpc) is 2.52. The van der Waals surface area contributed by atoms with Crippen LogP contribution >= 0.6 is 0 Å². The van der Waals surface area contributed by atoms with Crippen molar-refractivity contribution in [2.45, 2.75) is 45.2 Å². The van der Waals surface area contributed by atoms with E-state index in [0.717, 1.165) is 18.8 Å². The molecule has 0 radical (unpaired) electrons. The first-order valence-electron chi connectivity index (χ1n) is 5.83. The van der Waals surface area contributed by atoms with E-state index >= 15 is 0 Å². The zero-order valence-electron chi connectivity index (χ0n) is 9.43. The lowest BCUT2D eigenvalue weighted by molar-refractivity contribution is 0.288. The number of nitrogens with zero attached hydrogens (tertiary/aromatic N) is 2. The minimum absolute atomic E-state index is 0.326. The Morgan fingerprint density at radius 2 is 2.27 bits per heavy atom. The molecule has 1 aliphatic carbocycles. The largest absolute Gasteiger partial charge is 0.378 e. The number of aryl methyl sites for hydroxylation is 2. The zero-order chi connectivity index (χ0) is 10.5. The Hall–Kier alpha value is -1.19. The Labute approximate surface area is 90.0 Å². The van der Waals surface area contributed by atoms with Gasteiger partial charge in [0.05, 0.1) is 11.2 Å². The van der Waals surface area contributed by atoms with Crippen molar-refractivity contribution in [2.24, 2.45) is 0 Å². The maximum absolute atomic E-state index is 4.53. The molecule has 0 saturated heterocycles. The molecule has 2 aliphatic rings. The van der Waals surface area contributed by atoms with Gasteiger partial charge in [0.15, 0.2) is 0 Å². The van der Waals surface area contributed by atoms with Gasteiger partial charge in [0.2, 0.25) is 0 Å². The quantitative estimate of drug-likeness (QED) is 0.738. The van der Waals surface area contributed by atoms with Gasteiger partial charge in [0, 0.05) is 13.1 Å². The van der Waals surface area contributed by atoms with Gasteiger partial charge in [-0.05, 0) is 33.1 Å². The van der Waals surface area contributed by atoms with Crippen molar-refractivity contribution in [2.75, 3.05) is 17.2 Å². The van der Waals surface area contributed by atoms with Crippen LogP contribution in [0.3, 0.4) is 0 Å². The molecule has 1 saturated carbocycles. The van der Waals surface area contributed by atoms with Crippen molar-refractivity contribution in [1.82, 2.24) is 9.78 Å². The Morgan fingerprint density at radius 1 is 1.47 bits per heavy atom. The molecule has 0 unspecified atom stereocenters. The van der Waals surface area contributed by atoms with Crippen LogP contribution in [0.25, 0.3) is 0 Å². The fraction of sp³-hybridized carbons (Fsp3) is 0.727. The highest BCUT2D eigenvalue weighted by atomic mass is 15.4. The van der Waals surface area contributed by atoms with Crippen molar-refractivity contribution in [1.29, 1.82) is 0 Å². The van der Waals surface area contributed by atoms with Gasteiger partial charge >= 0.3 is 0 Å². The molecule has 15 heavy (non-hydrogen) atoms. The Bertz CT molecular complexity index is 390. The van der Waals surface area contributed by atoms with E-state index in [4.69, 9.17) is 0 Å². The Morgan fingerprint density at radius 3 is 2.87 bits per heavy atom. The van der Waals surface area contributed by atoms with Crippen LogP contribution in [0, 0.1) is 6.92 Å². The first-order chi connectivity index (χ1) is 7.24. The SMILES string of the molecule is CCn1nc(C)c2c1NC1(CCC1)CN2. The molecule has 1 aromatic rings. The fourth-order valence-electron chi connectivity index (χ4n) is 2.61. The molecule has 4 heteroatoms. The molecule has 2 heterocycles. The van der Waals surface area contributed by atoms with Crippen LogP contribution in [-0.2, 0) is 6.54 Å². The van der Waals surface area contributed by atoms with Gasteiger partial charge in [-0.15, -0.1) is 0 Å². The summed E-state index contributed by atoms with van der Waals surface area (Å²) >= 11 is 0. The summed E-state index contributed by atoms with van der Waals surface area (Å²) in [5, 5.41) is 11.7. The van der Waals surface area contributed by atoms with E-state index in [1.807, 2.05) is 0 Å². The van der Waals surface area contributed by atoms with Crippen molar-refractivity contribution in [3.8, 4) is 0 Å². The van der Waals surface area contributed by atoms with Crippen LogP contribution in [0.1, 0.15) is 31.9 Å². The molecule has 0 bridgehead atoms. The third-order valence-electron chi connectivity index (χ3n) is 3.72. The van der Waals surface area contributed by atoms with Gasteiger partial charge in [-0.1, -0.05) is 0 Å². The van der Waals surface area contributed by atoms with Gasteiger partial charge in [-0.3, -0.25) is 0 Å². The Balaban J connectivity index is 1.99. The third kappa shape index (κ3) is 1.17. The highest BCUT2D eigenvalue weighted by Crippen LogP contribution is 2.41. The Kier molecular flexibility index (Phi) is 1.75. The van der Waals surface area contributed by atoms with E-state index in [1.54, 1.807) is 0 Å². The zero-order valence-corrected chi connectivity index (χ0v) is 9.43. The molecule has 1 fully saturated rings. The van der Waals surface area contributed by atoms with Crippen LogP contribution in [0.2, 0.25) is 0 Å². The van der Waals surface area contributed by atoms with Crippen molar-refractivity contribution < 1.29 is 0 Å². The fourth-order valence-corrected chi connectivity index (χ4v) is 2.61. The van der Waals surface area contributed by atoms with Gasteiger partial charge in [0.25, 0.3) is 0 Å². The minimum atomic E-state index is 0.326. The third-order valence-corrected chi connectivity index (χ3v) is 3.72. The van der Waals surface area contributed by atoms with Crippen molar-refractivity contribution in [3.05, 3.63) is 5.69 Å². The minimum Gasteiger partial charge on any atom is -0.378 e. The second kappa shape index (κ2) is 2.90. The number of rotatable bonds is 1. The monoisotopic (exact) mass is 206 g/mol. The number of nitrogens with one attached hydrogen (secondary N) is 2. The predicted octanol–water partition coefficient (Wildman–Crippen LogP) is 1.97. The van der Waals surface area contributed by atoms with E-state index in [9.17, 15) is 0 Å². The maximum Gasteiger partial charge on any atom is 0.148 e. The topological polar surface area (TPSA) is 41.9 Å². The standard InChI is InChI=1S/C11H18N4/c1-3-15-10-9(8(2)14-15)12-7-11(13-10)5-4-6-11/h12-13H,3-7H2,1-2H3. The lowest BCUT2D eigenvalue weighted by atomic mass is 9.76. The summed E-state index contributed by atoms with van der Waals surface area (Å²) in [7, 11) is 0. The molecule has 3 rings (SSSR count). The molecule has 82 valence electrons. The van der Waals surface area contributed by atoms with E-state index in [1.165, 1.54) is 30.8 Å². The summed E-state index contributed by atoms with van der Waals surface area (Å²) < 4.78 is 2.07. The summed E-state index contributed by atoms with van der Waals surface area (Å²) in [4.78, 5) is 0. The highest BCUT2D eigenvalue weighted by molar-refractivity contribution is 5.71. The van der Waals surface area contributed by atoms with Crippen LogP contribution in [0.5, 0.6) is 0 Å². The van der Waals surface area contributed by atoms with Crippen LogP contribution < -0.4 is 10.6 Å². The summed E-state index contributed by atoms with van der Waals surface area (Å²) in [6.45, 7) is 6.19. The molecule has 1 spiro atoms. The van der Waals surface area contributed by atoms with Crippen molar-refractivity contribution in [3.63, 3.8) is 0 Å². The summed E-state index contributed by atoms with van der Waals surface area (Å²) in [6, 6.07) is 0. The van der Waals surface area contributed by atoms with Gasteiger partial charge in [-0.2, -0.15) is 5.10 Å². The second-order valence-corrected chi connectivity index (χ2v) is 4.74. The number of anilines is 2. The normalized spacial score (nSPS) is 21.5. The maximum atomic E-state index is 4.53. The summed E-state index contributed by atoms with van der Waals surface area (Å²) in [6.07, 6.45) is 3.92. The lowest BCUT2D eigenvalue weighted by Gasteiger charge is -2.46. The smallest absolute Gasteiger partial charge is 0.148 e. The first kappa shape index (κ1) is 9.07. The van der Waals surface area contributed by atoms with Gasteiger partial charge < -0.3 is 10.6 Å². The molecule has 0 amide bonds. The molecule has 0 atom stereocenters. The van der Waals surface area contributed by atoms with Crippen LogP contribution in [0.15, 0.2) is 0 Å². The van der Waals surface area contributed by atoms with E-state index < -0.39 is 0 Å². The molecule has 1 aliphatic heterocycles. The average molecular weight is 206 g/mol. The number of aromatic nitrogens is 2. The van der Waals surface area contributed by atoms with Gasteiger partial charge in [0.1, 0.15) is 11.5 Å². The number of hydrogen-bond acceptors (Lipinski definition) is 3. The summed E-state index contributed by atoms with van der Waals surface area (Å²) in [5.74, 6) is 1.20. The van der Waals surface area contributed by atoms with E-state index in [-0.39, 0.29) is 0 Å². The van der Waals surface area contributed by atoms with Crippen LogP contribution in [-0.4, -0.2) is 21.9 Å². The molecular formula is C11H18N4. The van der Waals surface area contributed by atoms with E-state index in [0.29, 0.717) is 5.54 Å². The first-order valence-corrected chi connectivity index (χ1v) is 5.83. The number of fused-ring (bicyclic) bond motifs is 1. The number of hydrogen-bond donors (Lipinski definition) is 2.